The molecule has 3 rings (SSSR count). The predicted molar refractivity (Wildman–Crippen MR) is 108 cm³/mol. The van der Waals surface area contributed by atoms with Gasteiger partial charge >= 0.3 is 0 Å². The molecule has 0 aliphatic heterocycles. The molecule has 1 nitrogen and oxygen atoms in total. The largest absolute Gasteiger partial charge is 0.220 e. The van der Waals surface area contributed by atoms with E-state index in [9.17, 15) is 0 Å². The molecule has 0 spiro atoms. The van der Waals surface area contributed by atoms with Crippen molar-refractivity contribution in [1.82, 2.24) is 0 Å². The Kier molecular flexibility index (Phi) is 4.69. The van der Waals surface area contributed by atoms with Crippen LogP contribution in [0.15, 0.2) is 36.4 Å². The maximum atomic E-state index is 2.38. The number of benzene rings is 2. The molecule has 3 aromatic rings. The van der Waals surface area contributed by atoms with E-state index in [4.69, 9.17) is 0 Å². The summed E-state index contributed by atoms with van der Waals surface area (Å²) in [5.41, 5.74) is 9.46. The van der Waals surface area contributed by atoms with Crippen molar-refractivity contribution in [2.45, 2.75) is 48.0 Å². The number of fused-ring (bicyclic) bond motifs is 1. The molecule has 0 fully saturated rings. The van der Waals surface area contributed by atoms with Gasteiger partial charge in [0, 0.05) is 13.0 Å². The van der Waals surface area contributed by atoms with Gasteiger partial charge in [-0.15, -0.1) is 0 Å². The summed E-state index contributed by atoms with van der Waals surface area (Å²) in [6, 6.07) is 13.9. The molecule has 130 valence electrons. The fourth-order valence-electron chi connectivity index (χ4n) is 3.84. The van der Waals surface area contributed by atoms with Gasteiger partial charge in [-0.2, -0.15) is 4.57 Å². The molecule has 0 aliphatic rings. The molecule has 2 aromatic carbocycles. The van der Waals surface area contributed by atoms with Gasteiger partial charge in [-0.3, -0.25) is 0 Å². The number of hydrogen-bond acceptors (Lipinski definition) is 0. The standard InChI is InChI=1S/C24H30N/c1-15(2)10-20-8-9-22-21(14-20)13-18(5)25(7)24(22)23-12-16(3)11-17(4)19(23)6/h8-9,11-15H,10H2,1-7H3/q+1. The number of pyridine rings is 1. The molecule has 0 atom stereocenters. The Hall–Kier alpha value is -2.15. The second-order valence-electron chi connectivity index (χ2n) is 7.97. The molecular formula is C24H30N+. The first kappa shape index (κ1) is 17.7. The molecule has 0 unspecified atom stereocenters. The molecule has 0 bridgehead atoms. The van der Waals surface area contributed by atoms with Crippen molar-refractivity contribution in [2.24, 2.45) is 13.0 Å². The molecule has 0 amide bonds. The van der Waals surface area contributed by atoms with E-state index in [1.807, 2.05) is 0 Å². The van der Waals surface area contributed by atoms with Crippen molar-refractivity contribution in [2.75, 3.05) is 0 Å². The summed E-state index contributed by atoms with van der Waals surface area (Å²) in [7, 11) is 2.18. The lowest BCUT2D eigenvalue weighted by molar-refractivity contribution is -0.665. The van der Waals surface area contributed by atoms with Crippen LogP contribution in [0.25, 0.3) is 22.0 Å². The third-order valence-electron chi connectivity index (χ3n) is 5.31. The van der Waals surface area contributed by atoms with Crippen molar-refractivity contribution in [1.29, 1.82) is 0 Å². The van der Waals surface area contributed by atoms with Crippen LogP contribution in [0.4, 0.5) is 0 Å². The molecule has 0 N–H and O–H groups in total. The quantitative estimate of drug-likeness (QED) is 0.537. The Morgan fingerprint density at radius 1 is 0.920 bits per heavy atom. The van der Waals surface area contributed by atoms with Gasteiger partial charge in [0.25, 0.3) is 0 Å². The number of rotatable bonds is 3. The predicted octanol–water partition coefficient (Wildman–Crippen LogP) is 5.76. The van der Waals surface area contributed by atoms with E-state index in [0.717, 1.165) is 6.42 Å². The van der Waals surface area contributed by atoms with Gasteiger partial charge in [0.05, 0.1) is 10.9 Å². The van der Waals surface area contributed by atoms with Crippen LogP contribution in [0, 0.1) is 33.6 Å². The molecule has 0 saturated carbocycles. The molecule has 0 aliphatic carbocycles. The molecule has 25 heavy (non-hydrogen) atoms. The van der Waals surface area contributed by atoms with Gasteiger partial charge in [0.2, 0.25) is 5.69 Å². The van der Waals surface area contributed by atoms with Crippen LogP contribution in [0.1, 0.15) is 41.8 Å². The normalized spacial score (nSPS) is 11.5. The second kappa shape index (κ2) is 6.63. The zero-order valence-electron chi connectivity index (χ0n) is 16.7. The lowest BCUT2D eigenvalue weighted by Crippen LogP contribution is -2.35. The average Bonchev–Trinajstić information content (AvgIpc) is 2.52. The highest BCUT2D eigenvalue weighted by Crippen LogP contribution is 2.31. The Morgan fingerprint density at radius 2 is 1.64 bits per heavy atom. The molecule has 1 aromatic heterocycles. The lowest BCUT2D eigenvalue weighted by Gasteiger charge is -2.14. The maximum absolute atomic E-state index is 2.38. The number of hydrogen-bond donors (Lipinski definition) is 0. The van der Waals surface area contributed by atoms with Crippen molar-refractivity contribution >= 4 is 10.8 Å². The molecule has 0 radical (unpaired) electrons. The average molecular weight is 333 g/mol. The van der Waals surface area contributed by atoms with Crippen LogP contribution >= 0.6 is 0 Å². The highest BCUT2D eigenvalue weighted by atomic mass is 14.9. The smallest absolute Gasteiger partial charge is 0.198 e. The SMILES string of the molecule is Cc1cc(C)c(C)c(-c2c3ccc(CC(C)C)cc3cc(C)[n+]2C)c1. The third kappa shape index (κ3) is 3.33. The summed E-state index contributed by atoms with van der Waals surface area (Å²) in [5.74, 6) is 0.680. The van der Waals surface area contributed by atoms with Gasteiger partial charge < -0.3 is 0 Å². The zero-order valence-corrected chi connectivity index (χ0v) is 16.7. The van der Waals surface area contributed by atoms with Gasteiger partial charge in [0.1, 0.15) is 7.05 Å². The fourth-order valence-corrected chi connectivity index (χ4v) is 3.84. The summed E-state index contributed by atoms with van der Waals surface area (Å²) >= 11 is 0. The highest BCUT2D eigenvalue weighted by Gasteiger charge is 2.20. The first-order valence-corrected chi connectivity index (χ1v) is 9.28. The van der Waals surface area contributed by atoms with E-state index >= 15 is 0 Å². The minimum atomic E-state index is 0.680. The van der Waals surface area contributed by atoms with E-state index in [1.54, 1.807) is 0 Å². The van der Waals surface area contributed by atoms with Crippen molar-refractivity contribution in [3.8, 4) is 11.3 Å². The topological polar surface area (TPSA) is 3.88 Å². The van der Waals surface area contributed by atoms with E-state index in [0.29, 0.717) is 5.92 Å². The minimum Gasteiger partial charge on any atom is -0.198 e. The van der Waals surface area contributed by atoms with Crippen LogP contribution in [-0.2, 0) is 13.5 Å². The summed E-state index contributed by atoms with van der Waals surface area (Å²) in [4.78, 5) is 0. The summed E-state index contributed by atoms with van der Waals surface area (Å²) < 4.78 is 2.34. The second-order valence-corrected chi connectivity index (χ2v) is 7.97. The monoisotopic (exact) mass is 332 g/mol. The highest BCUT2D eigenvalue weighted by molar-refractivity contribution is 5.94. The number of aryl methyl sites for hydroxylation is 3. The van der Waals surface area contributed by atoms with Crippen molar-refractivity contribution in [3.63, 3.8) is 0 Å². The van der Waals surface area contributed by atoms with Gasteiger partial charge in [-0.05, 0) is 67.3 Å². The molecule has 1 heteroatoms. The number of nitrogens with zero attached hydrogens (tertiary/aromatic N) is 1. The number of aromatic nitrogens is 1. The summed E-state index contributed by atoms with van der Waals surface area (Å²) in [6.45, 7) is 13.4. The van der Waals surface area contributed by atoms with Gasteiger partial charge in [0.15, 0.2) is 5.69 Å². The Bertz CT molecular complexity index is 948. The van der Waals surface area contributed by atoms with E-state index in [-0.39, 0.29) is 0 Å². The summed E-state index contributed by atoms with van der Waals surface area (Å²) in [6.07, 6.45) is 1.13. The maximum Gasteiger partial charge on any atom is 0.220 e. The van der Waals surface area contributed by atoms with Gasteiger partial charge in [-0.25, -0.2) is 0 Å². The van der Waals surface area contributed by atoms with E-state index in [1.165, 1.54) is 50.0 Å². The lowest BCUT2D eigenvalue weighted by atomic mass is 9.93. The van der Waals surface area contributed by atoms with Gasteiger partial charge in [-0.1, -0.05) is 37.6 Å². The Balaban J connectivity index is 2.33. The zero-order chi connectivity index (χ0) is 18.3. The third-order valence-corrected chi connectivity index (χ3v) is 5.31. The first-order valence-electron chi connectivity index (χ1n) is 9.28. The van der Waals surface area contributed by atoms with Crippen LogP contribution in [0.2, 0.25) is 0 Å². The van der Waals surface area contributed by atoms with Crippen LogP contribution in [-0.4, -0.2) is 0 Å². The first-order chi connectivity index (χ1) is 11.8. The Labute approximate surface area is 152 Å². The van der Waals surface area contributed by atoms with Crippen molar-refractivity contribution < 1.29 is 4.57 Å². The summed E-state index contributed by atoms with van der Waals surface area (Å²) in [5, 5.41) is 2.69. The van der Waals surface area contributed by atoms with E-state index in [2.05, 4.69) is 89.6 Å². The molecular weight excluding hydrogens is 302 g/mol. The molecule has 0 saturated heterocycles. The minimum absolute atomic E-state index is 0.680. The fraction of sp³-hybridized carbons (Fsp3) is 0.375. The van der Waals surface area contributed by atoms with Crippen LogP contribution < -0.4 is 4.57 Å². The van der Waals surface area contributed by atoms with E-state index < -0.39 is 0 Å². The Morgan fingerprint density at radius 3 is 2.32 bits per heavy atom. The van der Waals surface area contributed by atoms with Crippen molar-refractivity contribution in [3.05, 3.63) is 64.3 Å². The van der Waals surface area contributed by atoms with Crippen LogP contribution in [0.3, 0.4) is 0 Å². The van der Waals surface area contributed by atoms with Crippen LogP contribution in [0.5, 0.6) is 0 Å². The molecule has 1 heterocycles.